The van der Waals surface area contributed by atoms with Crippen LogP contribution in [0, 0.1) is 6.92 Å². The smallest absolute Gasteiger partial charge is 0.105 e. The van der Waals surface area contributed by atoms with Crippen LogP contribution in [-0.4, -0.2) is 9.55 Å². The summed E-state index contributed by atoms with van der Waals surface area (Å²) in [7, 11) is 0. The summed E-state index contributed by atoms with van der Waals surface area (Å²) < 4.78 is 2.22. The summed E-state index contributed by atoms with van der Waals surface area (Å²) in [4.78, 5) is 4.41. The molecule has 62 valence electrons. The third-order valence-electron chi connectivity index (χ3n) is 1.85. The Morgan fingerprint density at radius 1 is 1.45 bits per heavy atom. The zero-order valence-electron chi connectivity index (χ0n) is 7.59. The Labute approximate surface area is 68.3 Å². The Bertz CT molecular complexity index is 225. The summed E-state index contributed by atoms with van der Waals surface area (Å²) in [5, 5.41) is 0. The van der Waals surface area contributed by atoms with Crippen molar-refractivity contribution in [2.75, 3.05) is 0 Å². The number of aromatic nitrogens is 2. The van der Waals surface area contributed by atoms with E-state index in [4.69, 9.17) is 0 Å². The van der Waals surface area contributed by atoms with Crippen molar-refractivity contribution in [1.29, 1.82) is 0 Å². The van der Waals surface area contributed by atoms with Gasteiger partial charge in [0.05, 0.1) is 5.69 Å². The summed E-state index contributed by atoms with van der Waals surface area (Å²) in [6.45, 7) is 7.48. The van der Waals surface area contributed by atoms with Gasteiger partial charge < -0.3 is 4.57 Å². The van der Waals surface area contributed by atoms with Gasteiger partial charge in [0.1, 0.15) is 5.82 Å². The molecule has 1 rings (SSSR count). The Hall–Kier alpha value is -0.790. The molecule has 0 bridgehead atoms. The molecule has 0 fully saturated rings. The second kappa shape index (κ2) is 3.56. The van der Waals surface area contributed by atoms with Gasteiger partial charge in [-0.25, -0.2) is 4.98 Å². The van der Waals surface area contributed by atoms with Gasteiger partial charge in [0.2, 0.25) is 0 Å². The SMILES string of the molecule is CCCn1cc(CC)nc1C. The van der Waals surface area contributed by atoms with Crippen LogP contribution in [0.4, 0.5) is 0 Å². The predicted octanol–water partition coefficient (Wildman–Crippen LogP) is 2.16. The quantitative estimate of drug-likeness (QED) is 0.649. The van der Waals surface area contributed by atoms with Crippen LogP contribution >= 0.6 is 0 Å². The summed E-state index contributed by atoms with van der Waals surface area (Å²) in [6.07, 6.45) is 4.37. The van der Waals surface area contributed by atoms with Crippen LogP contribution in [0.5, 0.6) is 0 Å². The van der Waals surface area contributed by atoms with Crippen molar-refractivity contribution in [3.63, 3.8) is 0 Å². The minimum absolute atomic E-state index is 1.04. The van der Waals surface area contributed by atoms with Crippen LogP contribution in [0.2, 0.25) is 0 Å². The number of imidazole rings is 1. The molecule has 1 aromatic heterocycles. The average Bonchev–Trinajstić information content (AvgIpc) is 2.33. The van der Waals surface area contributed by atoms with Crippen molar-refractivity contribution in [1.82, 2.24) is 9.55 Å². The van der Waals surface area contributed by atoms with Crippen molar-refractivity contribution in [2.24, 2.45) is 0 Å². The molecular weight excluding hydrogens is 136 g/mol. The maximum absolute atomic E-state index is 4.41. The van der Waals surface area contributed by atoms with E-state index in [1.54, 1.807) is 0 Å². The fourth-order valence-corrected chi connectivity index (χ4v) is 1.21. The molecule has 0 radical (unpaired) electrons. The molecule has 1 aromatic rings. The van der Waals surface area contributed by atoms with Gasteiger partial charge in [-0.15, -0.1) is 0 Å². The van der Waals surface area contributed by atoms with Crippen molar-refractivity contribution < 1.29 is 0 Å². The molecule has 0 saturated carbocycles. The predicted molar refractivity (Wildman–Crippen MR) is 46.6 cm³/mol. The molecule has 2 heteroatoms. The van der Waals surface area contributed by atoms with E-state index in [1.807, 2.05) is 0 Å². The average molecular weight is 152 g/mol. The lowest BCUT2D eigenvalue weighted by molar-refractivity contribution is 0.657. The lowest BCUT2D eigenvalue weighted by Crippen LogP contribution is -1.96. The molecule has 0 spiro atoms. The first-order chi connectivity index (χ1) is 5.27. The highest BCUT2D eigenvalue weighted by atomic mass is 15.1. The first-order valence-corrected chi connectivity index (χ1v) is 4.30. The van der Waals surface area contributed by atoms with Crippen molar-refractivity contribution in [3.05, 3.63) is 17.7 Å². The highest BCUT2D eigenvalue weighted by Crippen LogP contribution is 2.03. The molecule has 0 aliphatic rings. The van der Waals surface area contributed by atoms with Crippen LogP contribution in [0.15, 0.2) is 6.20 Å². The molecule has 11 heavy (non-hydrogen) atoms. The second-order valence-corrected chi connectivity index (χ2v) is 2.83. The number of rotatable bonds is 3. The molecule has 0 aliphatic heterocycles. The van der Waals surface area contributed by atoms with Crippen LogP contribution < -0.4 is 0 Å². The minimum atomic E-state index is 1.04. The standard InChI is InChI=1S/C9H16N2/c1-4-6-11-7-9(5-2)10-8(11)3/h7H,4-6H2,1-3H3. The molecule has 0 unspecified atom stereocenters. The van der Waals surface area contributed by atoms with Crippen LogP contribution in [0.25, 0.3) is 0 Å². The second-order valence-electron chi connectivity index (χ2n) is 2.83. The van der Waals surface area contributed by atoms with Gasteiger partial charge in [0, 0.05) is 12.7 Å². The molecular formula is C9H16N2. The normalized spacial score (nSPS) is 10.5. The molecule has 2 nitrogen and oxygen atoms in total. The zero-order chi connectivity index (χ0) is 8.27. The number of nitrogens with zero attached hydrogens (tertiary/aromatic N) is 2. The first-order valence-electron chi connectivity index (χ1n) is 4.30. The summed E-state index contributed by atoms with van der Waals surface area (Å²) in [5.74, 6) is 1.14. The molecule has 0 amide bonds. The van der Waals surface area contributed by atoms with E-state index in [2.05, 4.69) is 36.5 Å². The lowest BCUT2D eigenvalue weighted by Gasteiger charge is -1.99. The van der Waals surface area contributed by atoms with E-state index in [0.717, 1.165) is 18.8 Å². The third-order valence-corrected chi connectivity index (χ3v) is 1.85. The van der Waals surface area contributed by atoms with E-state index in [9.17, 15) is 0 Å². The van der Waals surface area contributed by atoms with Crippen molar-refractivity contribution >= 4 is 0 Å². The summed E-state index contributed by atoms with van der Waals surface area (Å²) in [6, 6.07) is 0. The topological polar surface area (TPSA) is 17.8 Å². The zero-order valence-corrected chi connectivity index (χ0v) is 7.59. The number of hydrogen-bond donors (Lipinski definition) is 0. The van der Waals surface area contributed by atoms with Gasteiger partial charge in [-0.2, -0.15) is 0 Å². The van der Waals surface area contributed by atoms with Gasteiger partial charge in [0.15, 0.2) is 0 Å². The fraction of sp³-hybridized carbons (Fsp3) is 0.667. The summed E-state index contributed by atoms with van der Waals surface area (Å²) >= 11 is 0. The highest BCUT2D eigenvalue weighted by molar-refractivity contribution is 5.02. The van der Waals surface area contributed by atoms with Crippen LogP contribution in [-0.2, 0) is 13.0 Å². The number of aryl methyl sites for hydroxylation is 3. The summed E-state index contributed by atoms with van der Waals surface area (Å²) in [5.41, 5.74) is 1.20. The largest absolute Gasteiger partial charge is 0.335 e. The van der Waals surface area contributed by atoms with Crippen LogP contribution in [0.3, 0.4) is 0 Å². The Morgan fingerprint density at radius 3 is 2.64 bits per heavy atom. The van der Waals surface area contributed by atoms with Gasteiger partial charge >= 0.3 is 0 Å². The minimum Gasteiger partial charge on any atom is -0.335 e. The van der Waals surface area contributed by atoms with Gasteiger partial charge in [-0.1, -0.05) is 13.8 Å². The highest BCUT2D eigenvalue weighted by Gasteiger charge is 1.99. The maximum Gasteiger partial charge on any atom is 0.105 e. The van der Waals surface area contributed by atoms with Gasteiger partial charge in [0.25, 0.3) is 0 Å². The van der Waals surface area contributed by atoms with E-state index < -0.39 is 0 Å². The van der Waals surface area contributed by atoms with E-state index in [0.29, 0.717) is 0 Å². The molecule has 1 heterocycles. The first kappa shape index (κ1) is 8.31. The molecule has 0 N–H and O–H groups in total. The van der Waals surface area contributed by atoms with E-state index >= 15 is 0 Å². The van der Waals surface area contributed by atoms with Crippen molar-refractivity contribution in [3.8, 4) is 0 Å². The molecule has 0 aliphatic carbocycles. The van der Waals surface area contributed by atoms with Gasteiger partial charge in [-0.05, 0) is 19.8 Å². The number of hydrogen-bond acceptors (Lipinski definition) is 1. The van der Waals surface area contributed by atoms with E-state index in [-0.39, 0.29) is 0 Å². The van der Waals surface area contributed by atoms with E-state index in [1.165, 1.54) is 12.1 Å². The molecule has 0 saturated heterocycles. The van der Waals surface area contributed by atoms with Crippen LogP contribution in [0.1, 0.15) is 31.8 Å². The molecule has 0 atom stereocenters. The fourth-order valence-electron chi connectivity index (χ4n) is 1.21. The Kier molecular flexibility index (Phi) is 2.69. The monoisotopic (exact) mass is 152 g/mol. The third kappa shape index (κ3) is 1.82. The van der Waals surface area contributed by atoms with Crippen molar-refractivity contribution in [2.45, 2.75) is 40.2 Å². The molecule has 0 aromatic carbocycles. The van der Waals surface area contributed by atoms with Gasteiger partial charge in [-0.3, -0.25) is 0 Å². The maximum atomic E-state index is 4.41. The lowest BCUT2D eigenvalue weighted by atomic mass is 10.4. The Morgan fingerprint density at radius 2 is 2.18 bits per heavy atom. The Balaban J connectivity index is 2.79.